The van der Waals surface area contributed by atoms with Crippen LogP contribution in [0.2, 0.25) is 0 Å². The summed E-state index contributed by atoms with van der Waals surface area (Å²) in [5.41, 5.74) is 5.13. The van der Waals surface area contributed by atoms with Gasteiger partial charge in [-0.05, 0) is 47.9 Å². The Kier molecular flexibility index (Phi) is 7.15. The fourth-order valence-electron chi connectivity index (χ4n) is 4.09. The van der Waals surface area contributed by atoms with Gasteiger partial charge in [0.2, 0.25) is 0 Å². The third kappa shape index (κ3) is 5.35. The number of hydrazone groups is 1. The summed E-state index contributed by atoms with van der Waals surface area (Å²) in [7, 11) is 5.06. The van der Waals surface area contributed by atoms with E-state index in [1.54, 1.807) is 38.3 Å². The number of hydrogen-bond donors (Lipinski definition) is 1. The quantitative estimate of drug-likeness (QED) is 0.552. The maximum Gasteiger partial charge on any atom is 0.262 e. The molecule has 1 unspecified atom stereocenters. The van der Waals surface area contributed by atoms with E-state index in [2.05, 4.69) is 5.32 Å². The number of ether oxygens (including phenoxy) is 1. The summed E-state index contributed by atoms with van der Waals surface area (Å²) in [6.07, 6.45) is 0.619. The van der Waals surface area contributed by atoms with E-state index in [4.69, 9.17) is 9.84 Å². The van der Waals surface area contributed by atoms with Crippen molar-refractivity contribution in [3.05, 3.63) is 95.1 Å². The van der Waals surface area contributed by atoms with Crippen molar-refractivity contribution >= 4 is 23.2 Å². The summed E-state index contributed by atoms with van der Waals surface area (Å²) >= 11 is 0. The Bertz CT molecular complexity index is 1240. The first-order chi connectivity index (χ1) is 16.9. The highest BCUT2D eigenvalue weighted by atomic mass is 16.5. The van der Waals surface area contributed by atoms with Crippen LogP contribution in [-0.2, 0) is 4.79 Å². The topological polar surface area (TPSA) is 74.2 Å². The van der Waals surface area contributed by atoms with Crippen LogP contribution >= 0.6 is 0 Å². The predicted octanol–water partition coefficient (Wildman–Crippen LogP) is 4.50. The van der Waals surface area contributed by atoms with E-state index in [0.717, 1.165) is 33.8 Å². The van der Waals surface area contributed by atoms with Crippen LogP contribution in [0.4, 0.5) is 5.69 Å². The van der Waals surface area contributed by atoms with E-state index < -0.39 is 0 Å². The molecule has 1 N–H and O–H groups in total. The number of rotatable bonds is 7. The minimum atomic E-state index is -0.215. The molecule has 1 heterocycles. The Morgan fingerprint density at radius 2 is 1.77 bits per heavy atom. The second-order valence-corrected chi connectivity index (χ2v) is 8.73. The summed E-state index contributed by atoms with van der Waals surface area (Å²) in [6.45, 7) is 2.00. The van der Waals surface area contributed by atoms with Crippen LogP contribution in [0.5, 0.6) is 5.75 Å². The van der Waals surface area contributed by atoms with E-state index in [1.807, 2.05) is 67.6 Å². The van der Waals surface area contributed by atoms with Gasteiger partial charge in [0.05, 0.1) is 25.4 Å². The van der Waals surface area contributed by atoms with Crippen LogP contribution in [-0.4, -0.2) is 55.2 Å². The van der Waals surface area contributed by atoms with Crippen molar-refractivity contribution in [1.82, 2.24) is 9.91 Å². The fraction of sp³-hybridized carbons (Fsp3) is 0.250. The zero-order chi connectivity index (χ0) is 24.9. The summed E-state index contributed by atoms with van der Waals surface area (Å²) in [5.74, 6) is 0.522. The largest absolute Gasteiger partial charge is 0.497 e. The van der Waals surface area contributed by atoms with Crippen molar-refractivity contribution in [3.8, 4) is 5.75 Å². The molecule has 1 atom stereocenters. The molecule has 0 spiro atoms. The molecule has 0 aliphatic carbocycles. The second-order valence-electron chi connectivity index (χ2n) is 8.73. The van der Waals surface area contributed by atoms with Crippen LogP contribution in [0.1, 0.15) is 39.5 Å². The lowest BCUT2D eigenvalue weighted by Crippen LogP contribution is -2.32. The minimum absolute atomic E-state index is 0.0542. The van der Waals surface area contributed by atoms with Gasteiger partial charge in [-0.3, -0.25) is 9.59 Å². The van der Waals surface area contributed by atoms with Gasteiger partial charge in [0.25, 0.3) is 11.8 Å². The number of anilines is 1. The average Bonchev–Trinajstić information content (AvgIpc) is 3.34. The average molecular weight is 471 g/mol. The molecule has 7 nitrogen and oxygen atoms in total. The van der Waals surface area contributed by atoms with Crippen molar-refractivity contribution < 1.29 is 14.3 Å². The standard InChI is InChI=1S/C28H30N4O3/c1-19-10-11-22(28(34)31(2)3)16-24(19)29-18-27(33)32-26(21-12-14-23(35-4)15-13-21)17-25(30-32)20-8-6-5-7-9-20/h5-16,26,29H,17-18H2,1-4H3. The zero-order valence-corrected chi connectivity index (χ0v) is 20.5. The van der Waals surface area contributed by atoms with Gasteiger partial charge in [-0.2, -0.15) is 5.10 Å². The predicted molar refractivity (Wildman–Crippen MR) is 138 cm³/mol. The zero-order valence-electron chi connectivity index (χ0n) is 20.5. The molecule has 3 aromatic rings. The van der Waals surface area contributed by atoms with Crippen molar-refractivity contribution in [2.75, 3.05) is 33.1 Å². The van der Waals surface area contributed by atoms with Crippen molar-refractivity contribution in [1.29, 1.82) is 0 Å². The first-order valence-electron chi connectivity index (χ1n) is 11.5. The molecule has 0 saturated carbocycles. The van der Waals surface area contributed by atoms with Crippen LogP contribution in [0.3, 0.4) is 0 Å². The summed E-state index contributed by atoms with van der Waals surface area (Å²) in [4.78, 5) is 27.3. The molecule has 1 aliphatic heterocycles. The molecule has 4 rings (SSSR count). The van der Waals surface area contributed by atoms with Gasteiger partial charge in [-0.25, -0.2) is 5.01 Å². The van der Waals surface area contributed by atoms with Gasteiger partial charge >= 0.3 is 0 Å². The molecule has 2 amide bonds. The monoisotopic (exact) mass is 470 g/mol. The number of hydrogen-bond acceptors (Lipinski definition) is 5. The Morgan fingerprint density at radius 3 is 2.43 bits per heavy atom. The number of carbonyl (C=O) groups excluding carboxylic acids is 2. The van der Waals surface area contributed by atoms with Crippen LogP contribution < -0.4 is 10.1 Å². The van der Waals surface area contributed by atoms with E-state index >= 15 is 0 Å². The molecule has 180 valence electrons. The third-order valence-corrected chi connectivity index (χ3v) is 6.09. The number of nitrogens with zero attached hydrogens (tertiary/aromatic N) is 3. The normalized spacial score (nSPS) is 14.9. The van der Waals surface area contributed by atoms with Gasteiger partial charge in [0.15, 0.2) is 0 Å². The van der Waals surface area contributed by atoms with E-state index in [0.29, 0.717) is 12.0 Å². The Hall–Kier alpha value is -4.13. The summed E-state index contributed by atoms with van der Waals surface area (Å²) in [5, 5.41) is 9.52. The molecular weight excluding hydrogens is 440 g/mol. The maximum atomic E-state index is 13.4. The number of aryl methyl sites for hydroxylation is 1. The van der Waals surface area contributed by atoms with E-state index in [-0.39, 0.29) is 24.4 Å². The van der Waals surface area contributed by atoms with Gasteiger partial charge in [-0.15, -0.1) is 0 Å². The van der Waals surface area contributed by atoms with Crippen LogP contribution in [0.15, 0.2) is 77.9 Å². The van der Waals surface area contributed by atoms with Crippen molar-refractivity contribution in [2.24, 2.45) is 5.10 Å². The lowest BCUT2D eigenvalue weighted by molar-refractivity contribution is -0.131. The van der Waals surface area contributed by atoms with Crippen molar-refractivity contribution in [3.63, 3.8) is 0 Å². The van der Waals surface area contributed by atoms with Crippen LogP contribution in [0.25, 0.3) is 0 Å². The Balaban J connectivity index is 1.57. The van der Waals surface area contributed by atoms with Gasteiger partial charge < -0.3 is 15.0 Å². The highest BCUT2D eigenvalue weighted by molar-refractivity contribution is 6.03. The number of nitrogens with one attached hydrogen (secondary N) is 1. The molecule has 0 fully saturated rings. The molecule has 0 saturated heterocycles. The van der Waals surface area contributed by atoms with E-state index in [1.165, 1.54) is 4.90 Å². The smallest absolute Gasteiger partial charge is 0.262 e. The highest BCUT2D eigenvalue weighted by Crippen LogP contribution is 2.33. The first-order valence-corrected chi connectivity index (χ1v) is 11.5. The molecule has 3 aromatic carbocycles. The minimum Gasteiger partial charge on any atom is -0.497 e. The molecule has 7 heteroatoms. The number of methoxy groups -OCH3 is 1. The molecule has 0 aromatic heterocycles. The summed E-state index contributed by atoms with van der Waals surface area (Å²) in [6, 6.07) is 22.9. The summed E-state index contributed by atoms with van der Waals surface area (Å²) < 4.78 is 5.29. The number of carbonyl (C=O) groups is 2. The molecular formula is C28H30N4O3. The van der Waals surface area contributed by atoms with Gasteiger partial charge in [0.1, 0.15) is 5.75 Å². The van der Waals surface area contributed by atoms with Gasteiger partial charge in [0, 0.05) is 31.8 Å². The Morgan fingerprint density at radius 1 is 1.06 bits per heavy atom. The molecule has 0 radical (unpaired) electrons. The Labute approximate surface area is 206 Å². The fourth-order valence-corrected chi connectivity index (χ4v) is 4.09. The van der Waals surface area contributed by atoms with Gasteiger partial charge in [-0.1, -0.05) is 48.5 Å². The molecule has 35 heavy (non-hydrogen) atoms. The highest BCUT2D eigenvalue weighted by Gasteiger charge is 2.33. The molecule has 0 bridgehead atoms. The SMILES string of the molecule is COc1ccc(C2CC(c3ccccc3)=NN2C(=O)CNc2cc(C(=O)N(C)C)ccc2C)cc1. The number of benzene rings is 3. The van der Waals surface area contributed by atoms with Crippen molar-refractivity contribution in [2.45, 2.75) is 19.4 Å². The first kappa shape index (κ1) is 24.0. The van der Waals surface area contributed by atoms with E-state index in [9.17, 15) is 9.59 Å². The third-order valence-electron chi connectivity index (χ3n) is 6.09. The van der Waals surface area contributed by atoms with Crippen LogP contribution in [0, 0.1) is 6.92 Å². The lowest BCUT2D eigenvalue weighted by atomic mass is 9.98. The maximum absolute atomic E-state index is 13.4. The lowest BCUT2D eigenvalue weighted by Gasteiger charge is -2.23. The molecule has 1 aliphatic rings. The number of amides is 2. The second kappa shape index (κ2) is 10.4.